The molecule has 0 spiro atoms. The fraction of sp³-hybridized carbons (Fsp3) is 0.238. The minimum atomic E-state index is -4.13. The Balaban J connectivity index is 2.15. The molecule has 2 amide bonds. The van der Waals surface area contributed by atoms with Crippen LogP contribution in [0.4, 0.5) is 4.79 Å². The van der Waals surface area contributed by atoms with Crippen LogP contribution in [-0.2, 0) is 19.4 Å². The molecule has 0 aliphatic carbocycles. The first-order valence-electron chi connectivity index (χ1n) is 9.43. The van der Waals surface area contributed by atoms with Gasteiger partial charge in [-0.2, -0.15) is 0 Å². The smallest absolute Gasteiger partial charge is 0.338 e. The van der Waals surface area contributed by atoms with E-state index in [0.29, 0.717) is 5.56 Å². The molecule has 1 heterocycles. The lowest BCUT2D eigenvalue weighted by molar-refractivity contribution is -0.136. The van der Waals surface area contributed by atoms with Crippen molar-refractivity contribution in [3.8, 4) is 17.2 Å². The molecular formula is C21H21ClN2O8S. The second kappa shape index (κ2) is 9.59. The van der Waals surface area contributed by atoms with Crippen LogP contribution in [0.2, 0.25) is 5.02 Å². The molecule has 0 fully saturated rings. The number of phenols is 1. The number of phenolic OH excluding ortho intramolecular Hbond substituents is 1. The highest BCUT2D eigenvalue weighted by Gasteiger charge is 2.36. The zero-order valence-electron chi connectivity index (χ0n) is 17.8. The number of aromatic hydroxyl groups is 1. The summed E-state index contributed by atoms with van der Waals surface area (Å²) in [7, 11) is -0.351. The third kappa shape index (κ3) is 4.99. The van der Waals surface area contributed by atoms with E-state index >= 15 is 0 Å². The minimum Gasteiger partial charge on any atom is -0.504 e. The molecule has 3 N–H and O–H groups in total. The van der Waals surface area contributed by atoms with Gasteiger partial charge >= 0.3 is 12.0 Å². The fourth-order valence-corrected chi connectivity index (χ4v) is 5.13. The summed E-state index contributed by atoms with van der Waals surface area (Å²) in [4.78, 5) is 24.9. The Labute approximate surface area is 195 Å². The molecule has 3 rings (SSSR count). The lowest BCUT2D eigenvalue weighted by atomic mass is 9.95. The highest BCUT2D eigenvalue weighted by molar-refractivity contribution is 7.91. The molecule has 0 bridgehead atoms. The number of carbonyl (C=O) groups excluding carboxylic acids is 2. The van der Waals surface area contributed by atoms with Crippen LogP contribution in [0.3, 0.4) is 0 Å². The number of urea groups is 1. The van der Waals surface area contributed by atoms with Gasteiger partial charge in [0.05, 0.1) is 38.7 Å². The Kier molecular flexibility index (Phi) is 7.04. The van der Waals surface area contributed by atoms with E-state index in [1.165, 1.54) is 50.6 Å². The van der Waals surface area contributed by atoms with Crippen LogP contribution in [0.15, 0.2) is 52.6 Å². The molecule has 1 aliphatic rings. The highest BCUT2D eigenvalue weighted by Crippen LogP contribution is 2.35. The third-order valence-corrected chi connectivity index (χ3v) is 6.78. The van der Waals surface area contributed by atoms with Gasteiger partial charge in [0.2, 0.25) is 0 Å². The zero-order chi connectivity index (χ0) is 24.3. The van der Waals surface area contributed by atoms with E-state index in [0.717, 1.165) is 7.11 Å². The Morgan fingerprint density at radius 2 is 1.79 bits per heavy atom. The van der Waals surface area contributed by atoms with E-state index in [4.69, 9.17) is 25.8 Å². The molecule has 0 aromatic heterocycles. The number of sulfone groups is 1. The van der Waals surface area contributed by atoms with Gasteiger partial charge in [-0.15, -0.1) is 0 Å². The lowest BCUT2D eigenvalue weighted by Gasteiger charge is -2.29. The van der Waals surface area contributed by atoms with Crippen molar-refractivity contribution in [2.75, 3.05) is 27.1 Å². The molecule has 12 heteroatoms. The van der Waals surface area contributed by atoms with Crippen LogP contribution in [-0.4, -0.2) is 52.6 Å². The average Bonchev–Trinajstić information content (AvgIpc) is 2.78. The van der Waals surface area contributed by atoms with Gasteiger partial charge in [0.1, 0.15) is 10.6 Å². The van der Waals surface area contributed by atoms with Crippen LogP contribution in [0.25, 0.3) is 0 Å². The number of ether oxygens (including phenoxy) is 3. The summed E-state index contributed by atoms with van der Waals surface area (Å²) in [6, 6.07) is 6.49. The molecule has 176 valence electrons. The second-order valence-electron chi connectivity index (χ2n) is 6.90. The van der Waals surface area contributed by atoms with Gasteiger partial charge in [-0.25, -0.2) is 18.0 Å². The van der Waals surface area contributed by atoms with Crippen LogP contribution in [0.5, 0.6) is 17.2 Å². The Morgan fingerprint density at radius 3 is 2.42 bits per heavy atom. The molecule has 33 heavy (non-hydrogen) atoms. The predicted octanol–water partition coefficient (Wildman–Crippen LogP) is 2.32. The van der Waals surface area contributed by atoms with E-state index in [2.05, 4.69) is 10.6 Å². The topological polar surface area (TPSA) is 140 Å². The summed E-state index contributed by atoms with van der Waals surface area (Å²) in [5, 5.41) is 15.0. The number of carbonyl (C=O) groups is 2. The number of hydrogen-bond acceptors (Lipinski definition) is 8. The van der Waals surface area contributed by atoms with Gasteiger partial charge in [-0.3, -0.25) is 0 Å². The molecule has 2 aromatic rings. The summed E-state index contributed by atoms with van der Waals surface area (Å²) in [5.41, 5.74) is 0.0502. The summed E-state index contributed by atoms with van der Waals surface area (Å²) in [6.07, 6.45) is 0. The molecule has 1 aliphatic heterocycles. The second-order valence-corrected chi connectivity index (χ2v) is 9.30. The first-order valence-corrected chi connectivity index (χ1v) is 11.5. The van der Waals surface area contributed by atoms with E-state index in [1.807, 2.05) is 0 Å². The van der Waals surface area contributed by atoms with Gasteiger partial charge in [-0.05, 0) is 35.9 Å². The maximum Gasteiger partial charge on any atom is 0.338 e. The maximum absolute atomic E-state index is 13.2. The number of rotatable bonds is 7. The third-order valence-electron chi connectivity index (χ3n) is 4.89. The molecule has 0 saturated heterocycles. The van der Waals surface area contributed by atoms with E-state index in [9.17, 15) is 23.1 Å². The van der Waals surface area contributed by atoms with Gasteiger partial charge in [0, 0.05) is 10.7 Å². The van der Waals surface area contributed by atoms with Crippen LogP contribution < -0.4 is 20.1 Å². The summed E-state index contributed by atoms with van der Waals surface area (Å²) in [6.45, 7) is 0. The SMILES string of the molecule is COC(=O)C1=C(CS(=O)(=O)c2cc(Cl)ccc2OC)NC(=O)N[C@@H]1c1ccc(O)c(OC)c1. The monoisotopic (exact) mass is 496 g/mol. The quantitative estimate of drug-likeness (QED) is 0.496. The van der Waals surface area contributed by atoms with Crippen molar-refractivity contribution < 1.29 is 37.3 Å². The van der Waals surface area contributed by atoms with Crippen LogP contribution >= 0.6 is 11.6 Å². The first-order chi connectivity index (χ1) is 15.6. The van der Waals surface area contributed by atoms with Crippen molar-refractivity contribution in [3.63, 3.8) is 0 Å². The van der Waals surface area contributed by atoms with Gasteiger partial charge in [0.25, 0.3) is 0 Å². The van der Waals surface area contributed by atoms with Crippen molar-refractivity contribution in [2.24, 2.45) is 0 Å². The Morgan fingerprint density at radius 1 is 1.09 bits per heavy atom. The number of nitrogens with one attached hydrogen (secondary N) is 2. The maximum atomic E-state index is 13.2. The molecule has 0 saturated carbocycles. The molecule has 0 radical (unpaired) electrons. The number of amides is 2. The molecular weight excluding hydrogens is 476 g/mol. The van der Waals surface area contributed by atoms with Crippen molar-refractivity contribution in [1.82, 2.24) is 10.6 Å². The normalized spacial score (nSPS) is 16.0. The standard InChI is InChI=1S/C21H21ClN2O8S/c1-30-15-7-5-12(22)9-17(15)33(28,29)10-13-18(20(26)32-3)19(24-21(27)23-13)11-4-6-14(25)16(8-11)31-2/h4-9,19,25H,10H2,1-3H3,(H2,23,24,27)/t19-/m1/s1. The lowest BCUT2D eigenvalue weighted by Crippen LogP contribution is -2.47. The number of halogens is 1. The zero-order valence-corrected chi connectivity index (χ0v) is 19.4. The van der Waals surface area contributed by atoms with Crippen molar-refractivity contribution in [2.45, 2.75) is 10.9 Å². The van der Waals surface area contributed by atoms with Gasteiger partial charge in [0.15, 0.2) is 21.3 Å². The van der Waals surface area contributed by atoms with E-state index in [1.54, 1.807) is 0 Å². The molecule has 2 aromatic carbocycles. The molecule has 10 nitrogen and oxygen atoms in total. The minimum absolute atomic E-state index is 0.0553. The van der Waals surface area contributed by atoms with Crippen LogP contribution in [0.1, 0.15) is 11.6 Å². The van der Waals surface area contributed by atoms with Crippen molar-refractivity contribution in [3.05, 3.63) is 58.3 Å². The van der Waals surface area contributed by atoms with Crippen molar-refractivity contribution >= 4 is 33.4 Å². The average molecular weight is 497 g/mol. The first kappa shape index (κ1) is 24.2. The number of methoxy groups -OCH3 is 3. The highest BCUT2D eigenvalue weighted by atomic mass is 35.5. The fourth-order valence-electron chi connectivity index (χ4n) is 3.37. The summed E-state index contributed by atoms with van der Waals surface area (Å²) >= 11 is 5.97. The van der Waals surface area contributed by atoms with E-state index < -0.39 is 33.6 Å². The van der Waals surface area contributed by atoms with Crippen LogP contribution in [0, 0.1) is 0 Å². The number of benzene rings is 2. The molecule has 0 unspecified atom stereocenters. The van der Waals surface area contributed by atoms with Crippen molar-refractivity contribution in [1.29, 1.82) is 0 Å². The largest absolute Gasteiger partial charge is 0.504 e. The Bertz CT molecular complexity index is 1240. The number of hydrogen-bond donors (Lipinski definition) is 3. The summed E-state index contributed by atoms with van der Waals surface area (Å²) < 4.78 is 41.6. The van der Waals surface area contributed by atoms with Gasteiger partial charge < -0.3 is 30.0 Å². The summed E-state index contributed by atoms with van der Waals surface area (Å²) in [5.74, 6) is -1.60. The van der Waals surface area contributed by atoms with Gasteiger partial charge in [-0.1, -0.05) is 17.7 Å². The number of esters is 1. The molecule has 1 atom stereocenters. The Hall–Kier alpha value is -3.44. The van der Waals surface area contributed by atoms with E-state index in [-0.39, 0.29) is 38.4 Å². The predicted molar refractivity (Wildman–Crippen MR) is 118 cm³/mol.